The summed E-state index contributed by atoms with van der Waals surface area (Å²) in [5, 5.41) is 0. The lowest BCUT2D eigenvalue weighted by Crippen LogP contribution is -2.27. The summed E-state index contributed by atoms with van der Waals surface area (Å²) in [6.45, 7) is 11.9. The molecule has 0 rings (SSSR count). The molecular weight excluding hydrogens is 192 g/mol. The molecule has 0 unspecified atom stereocenters. The van der Waals surface area contributed by atoms with Crippen molar-refractivity contribution in [3.05, 3.63) is 12.2 Å². The fourth-order valence-corrected chi connectivity index (χ4v) is 1.80. The van der Waals surface area contributed by atoms with Crippen molar-refractivity contribution in [3.63, 3.8) is 0 Å². The second-order valence-corrected chi connectivity index (χ2v) is 4.44. The second-order valence-electron chi connectivity index (χ2n) is 4.12. The zero-order chi connectivity index (χ0) is 11.0. The summed E-state index contributed by atoms with van der Waals surface area (Å²) in [6.07, 6.45) is 3.25. The molecule has 0 aromatic carbocycles. The molecule has 2 heteroatoms. The van der Waals surface area contributed by atoms with Crippen LogP contribution < -0.4 is 0 Å². The Bertz CT molecular complexity index is 153. The number of hydrogen-bond donors (Lipinski definition) is 1. The third-order valence-corrected chi connectivity index (χ3v) is 3.59. The Morgan fingerprint density at radius 2 is 1.93 bits per heavy atom. The molecule has 0 amide bonds. The van der Waals surface area contributed by atoms with Gasteiger partial charge >= 0.3 is 0 Å². The molecule has 0 N–H and O–H groups in total. The van der Waals surface area contributed by atoms with E-state index in [-0.39, 0.29) is 5.41 Å². The van der Waals surface area contributed by atoms with E-state index >= 15 is 0 Å². The largest absolute Gasteiger partial charge is 0.381 e. The van der Waals surface area contributed by atoms with Gasteiger partial charge in [-0.15, -0.1) is 6.58 Å². The number of thiol groups is 1. The van der Waals surface area contributed by atoms with Crippen molar-refractivity contribution >= 4 is 12.6 Å². The van der Waals surface area contributed by atoms with Gasteiger partial charge in [-0.05, 0) is 31.9 Å². The van der Waals surface area contributed by atoms with Gasteiger partial charge in [0, 0.05) is 5.41 Å². The first-order chi connectivity index (χ1) is 6.60. The van der Waals surface area contributed by atoms with Gasteiger partial charge in [-0.2, -0.15) is 12.6 Å². The van der Waals surface area contributed by atoms with Gasteiger partial charge in [-0.25, -0.2) is 0 Å². The van der Waals surface area contributed by atoms with Gasteiger partial charge in [0.15, 0.2) is 0 Å². The maximum absolute atomic E-state index is 5.67. The molecule has 0 aromatic heterocycles. The van der Waals surface area contributed by atoms with E-state index in [0.717, 1.165) is 38.2 Å². The third-order valence-electron chi connectivity index (χ3n) is 2.92. The highest BCUT2D eigenvalue weighted by molar-refractivity contribution is 7.80. The van der Waals surface area contributed by atoms with Crippen molar-refractivity contribution in [2.75, 3.05) is 19.0 Å². The summed E-state index contributed by atoms with van der Waals surface area (Å²) in [7, 11) is 0. The van der Waals surface area contributed by atoms with Crippen molar-refractivity contribution in [1.29, 1.82) is 0 Å². The minimum Gasteiger partial charge on any atom is -0.381 e. The van der Waals surface area contributed by atoms with E-state index in [2.05, 4.69) is 33.1 Å². The van der Waals surface area contributed by atoms with E-state index < -0.39 is 0 Å². The van der Waals surface area contributed by atoms with Gasteiger partial charge < -0.3 is 4.74 Å². The first-order valence-corrected chi connectivity index (χ1v) is 6.06. The van der Waals surface area contributed by atoms with E-state index in [0.29, 0.717) is 0 Å². The quantitative estimate of drug-likeness (QED) is 0.370. The van der Waals surface area contributed by atoms with Gasteiger partial charge in [0.1, 0.15) is 0 Å². The fraction of sp³-hybridized carbons (Fsp3) is 0.833. The molecule has 1 nitrogen and oxygen atoms in total. The summed E-state index contributed by atoms with van der Waals surface area (Å²) in [6, 6.07) is 0. The van der Waals surface area contributed by atoms with Crippen LogP contribution in [0, 0.1) is 5.41 Å². The SMILES string of the molecule is C=C(C)CCOCC(CC)(CC)CS. The summed E-state index contributed by atoms with van der Waals surface area (Å²) in [5.41, 5.74) is 1.47. The molecule has 0 fully saturated rings. The van der Waals surface area contributed by atoms with Crippen LogP contribution in [0.25, 0.3) is 0 Å². The highest BCUT2D eigenvalue weighted by atomic mass is 32.1. The molecule has 14 heavy (non-hydrogen) atoms. The molecule has 0 aliphatic heterocycles. The highest BCUT2D eigenvalue weighted by Gasteiger charge is 2.24. The standard InChI is InChI=1S/C12H24OS/c1-5-12(6-2,10-14)9-13-8-7-11(3)4/h14H,3,5-10H2,1-2,4H3. The molecule has 0 aliphatic carbocycles. The Hall–Kier alpha value is 0.0500. The van der Waals surface area contributed by atoms with Crippen LogP contribution in [0.1, 0.15) is 40.0 Å². The van der Waals surface area contributed by atoms with E-state index in [1.807, 2.05) is 6.92 Å². The molecule has 0 spiro atoms. The van der Waals surface area contributed by atoms with Gasteiger partial charge in [0.05, 0.1) is 13.2 Å². The molecule has 0 heterocycles. The van der Waals surface area contributed by atoms with Gasteiger partial charge in [0.25, 0.3) is 0 Å². The predicted octanol–water partition coefficient (Wildman–Crippen LogP) is 3.71. The van der Waals surface area contributed by atoms with Crippen LogP contribution in [0.3, 0.4) is 0 Å². The minimum atomic E-state index is 0.276. The van der Waals surface area contributed by atoms with Crippen LogP contribution in [0.5, 0.6) is 0 Å². The smallest absolute Gasteiger partial charge is 0.0530 e. The van der Waals surface area contributed by atoms with Gasteiger partial charge in [-0.1, -0.05) is 19.4 Å². The summed E-state index contributed by atoms with van der Waals surface area (Å²) in [5.74, 6) is 0.910. The van der Waals surface area contributed by atoms with Crippen LogP contribution in [-0.2, 0) is 4.74 Å². The maximum Gasteiger partial charge on any atom is 0.0530 e. The first kappa shape index (κ1) is 14.1. The monoisotopic (exact) mass is 216 g/mol. The Kier molecular flexibility index (Phi) is 7.38. The van der Waals surface area contributed by atoms with Crippen LogP contribution >= 0.6 is 12.6 Å². The summed E-state index contributed by atoms with van der Waals surface area (Å²) < 4.78 is 5.67. The van der Waals surface area contributed by atoms with Crippen molar-refractivity contribution in [2.24, 2.45) is 5.41 Å². The lowest BCUT2D eigenvalue weighted by Gasteiger charge is -2.29. The zero-order valence-corrected chi connectivity index (χ0v) is 10.7. The molecule has 0 saturated carbocycles. The van der Waals surface area contributed by atoms with Gasteiger partial charge in [-0.3, -0.25) is 0 Å². The molecule has 0 aliphatic rings. The second kappa shape index (κ2) is 7.36. The van der Waals surface area contributed by atoms with Crippen LogP contribution in [0.15, 0.2) is 12.2 Å². The van der Waals surface area contributed by atoms with Crippen molar-refractivity contribution in [1.82, 2.24) is 0 Å². The highest BCUT2D eigenvalue weighted by Crippen LogP contribution is 2.28. The zero-order valence-electron chi connectivity index (χ0n) is 9.81. The average molecular weight is 216 g/mol. The van der Waals surface area contributed by atoms with Crippen molar-refractivity contribution in [2.45, 2.75) is 40.0 Å². The third kappa shape index (κ3) is 5.06. The molecular formula is C12H24OS. The molecule has 0 atom stereocenters. The number of hydrogen-bond acceptors (Lipinski definition) is 2. The van der Waals surface area contributed by atoms with Crippen LogP contribution in [-0.4, -0.2) is 19.0 Å². The van der Waals surface area contributed by atoms with Crippen LogP contribution in [0.4, 0.5) is 0 Å². The Balaban J connectivity index is 3.77. The lowest BCUT2D eigenvalue weighted by atomic mass is 9.85. The number of rotatable bonds is 8. The molecule has 0 aromatic rings. The normalized spacial score (nSPS) is 11.7. The van der Waals surface area contributed by atoms with Crippen molar-refractivity contribution < 1.29 is 4.74 Å². The molecule has 0 bridgehead atoms. The molecule has 0 radical (unpaired) electrons. The fourth-order valence-electron chi connectivity index (χ4n) is 1.26. The van der Waals surface area contributed by atoms with Crippen molar-refractivity contribution in [3.8, 4) is 0 Å². The van der Waals surface area contributed by atoms with E-state index in [1.54, 1.807) is 0 Å². The van der Waals surface area contributed by atoms with Gasteiger partial charge in [0.2, 0.25) is 0 Å². The van der Waals surface area contributed by atoms with E-state index in [1.165, 1.54) is 5.57 Å². The summed E-state index contributed by atoms with van der Waals surface area (Å²) >= 11 is 4.41. The topological polar surface area (TPSA) is 9.23 Å². The molecule has 84 valence electrons. The Morgan fingerprint density at radius 1 is 1.36 bits per heavy atom. The summed E-state index contributed by atoms with van der Waals surface area (Å²) in [4.78, 5) is 0. The number of ether oxygens (including phenoxy) is 1. The maximum atomic E-state index is 5.67. The Labute approximate surface area is 94.3 Å². The predicted molar refractivity (Wildman–Crippen MR) is 67.1 cm³/mol. The Morgan fingerprint density at radius 3 is 2.29 bits per heavy atom. The minimum absolute atomic E-state index is 0.276. The lowest BCUT2D eigenvalue weighted by molar-refractivity contribution is 0.0530. The van der Waals surface area contributed by atoms with E-state index in [9.17, 15) is 0 Å². The van der Waals surface area contributed by atoms with E-state index in [4.69, 9.17) is 4.74 Å². The first-order valence-electron chi connectivity index (χ1n) is 5.43. The van der Waals surface area contributed by atoms with Crippen LogP contribution in [0.2, 0.25) is 0 Å². The average Bonchev–Trinajstić information content (AvgIpc) is 2.19. The molecule has 0 saturated heterocycles.